The number of benzene rings is 2. The molecule has 26 heavy (non-hydrogen) atoms. The lowest BCUT2D eigenvalue weighted by molar-refractivity contribution is -0.147. The monoisotopic (exact) mass is 373 g/mol. The van der Waals surface area contributed by atoms with Gasteiger partial charge in [-0.15, -0.1) is 0 Å². The average molecular weight is 374 g/mol. The van der Waals surface area contributed by atoms with Gasteiger partial charge in [-0.05, 0) is 43.3 Å². The summed E-state index contributed by atoms with van der Waals surface area (Å²) in [5.41, 5.74) is 1.31. The molecular formula is C18H16ClN3O4. The summed E-state index contributed by atoms with van der Waals surface area (Å²) < 4.78 is 4.97. The molecular weight excluding hydrogens is 358 g/mol. The molecule has 0 saturated carbocycles. The summed E-state index contributed by atoms with van der Waals surface area (Å²) >= 11 is 5.85. The molecule has 134 valence electrons. The molecule has 2 N–H and O–H groups in total. The number of carbonyl (C=O) groups is 3. The summed E-state index contributed by atoms with van der Waals surface area (Å²) in [6.07, 6.45) is 0. The molecule has 8 heteroatoms. The molecule has 0 aliphatic carbocycles. The lowest BCUT2D eigenvalue weighted by Crippen LogP contribution is -2.56. The normalized spacial score (nSPS) is 15.7. The number of halogens is 1. The highest BCUT2D eigenvalue weighted by Crippen LogP contribution is 2.32. The van der Waals surface area contributed by atoms with Crippen LogP contribution < -0.4 is 15.5 Å². The number of fused-ring (bicyclic) bond motifs is 1. The van der Waals surface area contributed by atoms with Gasteiger partial charge >= 0.3 is 12.0 Å². The zero-order valence-electron chi connectivity index (χ0n) is 13.9. The van der Waals surface area contributed by atoms with Crippen molar-refractivity contribution >= 4 is 46.6 Å². The van der Waals surface area contributed by atoms with Crippen molar-refractivity contribution < 1.29 is 19.1 Å². The van der Waals surface area contributed by atoms with Crippen LogP contribution in [0.1, 0.15) is 6.92 Å². The third kappa shape index (κ3) is 3.48. The van der Waals surface area contributed by atoms with Gasteiger partial charge in [0.15, 0.2) is 0 Å². The number of urea groups is 1. The second-order valence-corrected chi connectivity index (χ2v) is 5.90. The summed E-state index contributed by atoms with van der Waals surface area (Å²) in [6, 6.07) is 11.2. The first kappa shape index (κ1) is 17.8. The minimum atomic E-state index is -1.42. The molecule has 0 saturated heterocycles. The Kier molecular flexibility index (Phi) is 5.09. The van der Waals surface area contributed by atoms with Crippen LogP contribution >= 0.6 is 11.6 Å². The van der Waals surface area contributed by atoms with Crippen LogP contribution in [0.3, 0.4) is 0 Å². The van der Waals surface area contributed by atoms with Crippen LogP contribution in [0.15, 0.2) is 48.5 Å². The number of carbonyl (C=O) groups excluding carboxylic acids is 3. The number of para-hydroxylation sites is 2. The molecule has 2 aromatic rings. The van der Waals surface area contributed by atoms with Gasteiger partial charge in [-0.25, -0.2) is 9.59 Å². The van der Waals surface area contributed by atoms with E-state index in [-0.39, 0.29) is 6.61 Å². The van der Waals surface area contributed by atoms with Crippen molar-refractivity contribution in [3.05, 3.63) is 53.6 Å². The number of ether oxygens (including phenoxy) is 1. The van der Waals surface area contributed by atoms with Crippen LogP contribution in [0.2, 0.25) is 5.02 Å². The molecule has 0 spiro atoms. The molecule has 0 aromatic heterocycles. The first-order valence-corrected chi connectivity index (χ1v) is 8.31. The van der Waals surface area contributed by atoms with Gasteiger partial charge in [-0.2, -0.15) is 0 Å². The second-order valence-electron chi connectivity index (χ2n) is 5.47. The Morgan fingerprint density at radius 3 is 2.58 bits per heavy atom. The fourth-order valence-corrected chi connectivity index (χ4v) is 2.75. The zero-order valence-corrected chi connectivity index (χ0v) is 14.6. The summed E-state index contributed by atoms with van der Waals surface area (Å²) in [6.45, 7) is 1.72. The molecule has 1 aliphatic heterocycles. The van der Waals surface area contributed by atoms with Crippen molar-refractivity contribution in [1.82, 2.24) is 0 Å². The molecule has 3 amide bonds. The van der Waals surface area contributed by atoms with Crippen LogP contribution in [0, 0.1) is 0 Å². The summed E-state index contributed by atoms with van der Waals surface area (Å²) in [4.78, 5) is 38.7. The zero-order chi connectivity index (χ0) is 18.7. The van der Waals surface area contributed by atoms with E-state index in [9.17, 15) is 14.4 Å². The van der Waals surface area contributed by atoms with Crippen LogP contribution in [-0.2, 0) is 14.3 Å². The predicted octanol–water partition coefficient (Wildman–Crippen LogP) is 3.26. The van der Waals surface area contributed by atoms with Crippen molar-refractivity contribution in [1.29, 1.82) is 0 Å². The molecule has 7 nitrogen and oxygen atoms in total. The van der Waals surface area contributed by atoms with Crippen molar-refractivity contribution in [2.75, 3.05) is 22.1 Å². The minimum absolute atomic E-state index is 0.0942. The first-order chi connectivity index (χ1) is 12.5. The predicted molar refractivity (Wildman–Crippen MR) is 98.4 cm³/mol. The fourth-order valence-electron chi connectivity index (χ4n) is 2.62. The lowest BCUT2D eigenvalue weighted by Gasteiger charge is -2.34. The topological polar surface area (TPSA) is 87.7 Å². The molecule has 0 radical (unpaired) electrons. The standard InChI is InChI=1S/C18H16ClN3O4/c1-2-26-17(24)15-16(23)21-13-5-3-4-6-14(13)22(15)18(25)20-12-9-7-11(19)8-10-12/h3-10,15H,2H2,1H3,(H,20,25)(H,21,23). The number of hydrogen-bond donors (Lipinski definition) is 2. The minimum Gasteiger partial charge on any atom is -0.464 e. The van der Waals surface area contributed by atoms with Crippen molar-refractivity contribution in [2.45, 2.75) is 13.0 Å². The third-order valence-corrected chi connectivity index (χ3v) is 4.00. The maximum Gasteiger partial charge on any atom is 0.339 e. The average Bonchev–Trinajstić information content (AvgIpc) is 2.62. The molecule has 1 atom stereocenters. The summed E-state index contributed by atoms with van der Waals surface area (Å²) in [5, 5.41) is 5.82. The van der Waals surface area contributed by atoms with Gasteiger partial charge in [0.25, 0.3) is 5.91 Å². The van der Waals surface area contributed by atoms with Crippen LogP contribution in [-0.4, -0.2) is 30.6 Å². The van der Waals surface area contributed by atoms with E-state index in [1.54, 1.807) is 55.5 Å². The second kappa shape index (κ2) is 7.45. The quantitative estimate of drug-likeness (QED) is 0.638. The van der Waals surface area contributed by atoms with Gasteiger partial charge in [0, 0.05) is 10.7 Å². The highest BCUT2D eigenvalue weighted by atomic mass is 35.5. The van der Waals surface area contributed by atoms with Crippen molar-refractivity contribution in [3.8, 4) is 0 Å². The van der Waals surface area contributed by atoms with Gasteiger partial charge in [0.2, 0.25) is 6.04 Å². The molecule has 1 aliphatic rings. The van der Waals surface area contributed by atoms with Gasteiger partial charge in [-0.1, -0.05) is 23.7 Å². The van der Waals surface area contributed by atoms with Crippen LogP contribution in [0.5, 0.6) is 0 Å². The van der Waals surface area contributed by atoms with E-state index in [0.29, 0.717) is 22.1 Å². The van der Waals surface area contributed by atoms with Crippen molar-refractivity contribution in [3.63, 3.8) is 0 Å². The van der Waals surface area contributed by atoms with E-state index >= 15 is 0 Å². The largest absolute Gasteiger partial charge is 0.464 e. The maximum absolute atomic E-state index is 12.9. The van der Waals surface area contributed by atoms with E-state index in [2.05, 4.69) is 10.6 Å². The highest BCUT2D eigenvalue weighted by molar-refractivity contribution is 6.30. The number of nitrogens with one attached hydrogen (secondary N) is 2. The maximum atomic E-state index is 12.9. The Balaban J connectivity index is 1.97. The fraction of sp³-hybridized carbons (Fsp3) is 0.167. The van der Waals surface area contributed by atoms with E-state index in [4.69, 9.17) is 16.3 Å². The third-order valence-electron chi connectivity index (χ3n) is 3.75. The molecule has 1 unspecified atom stereocenters. The number of esters is 1. The van der Waals surface area contributed by atoms with Gasteiger partial charge in [-0.3, -0.25) is 9.69 Å². The number of anilines is 3. The van der Waals surface area contributed by atoms with Crippen LogP contribution in [0.4, 0.5) is 21.9 Å². The SMILES string of the molecule is CCOC(=O)C1C(=O)Nc2ccccc2N1C(=O)Nc1ccc(Cl)cc1. The Morgan fingerprint density at radius 2 is 1.88 bits per heavy atom. The van der Waals surface area contributed by atoms with E-state index < -0.39 is 23.9 Å². The van der Waals surface area contributed by atoms with E-state index in [1.165, 1.54) is 0 Å². The first-order valence-electron chi connectivity index (χ1n) is 7.93. The Hall–Kier alpha value is -3.06. The molecule has 1 heterocycles. The summed E-state index contributed by atoms with van der Waals surface area (Å²) in [7, 11) is 0. The van der Waals surface area contributed by atoms with Gasteiger partial charge < -0.3 is 15.4 Å². The molecule has 2 aromatic carbocycles. The van der Waals surface area contributed by atoms with Crippen LogP contribution in [0.25, 0.3) is 0 Å². The number of rotatable bonds is 3. The molecule has 0 bridgehead atoms. The summed E-state index contributed by atoms with van der Waals surface area (Å²) in [5.74, 6) is -1.43. The Morgan fingerprint density at radius 1 is 1.19 bits per heavy atom. The van der Waals surface area contributed by atoms with E-state index in [1.807, 2.05) is 0 Å². The van der Waals surface area contributed by atoms with Gasteiger partial charge in [0.1, 0.15) is 0 Å². The smallest absolute Gasteiger partial charge is 0.339 e. The number of nitrogens with zero attached hydrogens (tertiary/aromatic N) is 1. The van der Waals surface area contributed by atoms with Gasteiger partial charge in [0.05, 0.1) is 18.0 Å². The molecule has 3 rings (SSSR count). The van der Waals surface area contributed by atoms with E-state index in [0.717, 1.165) is 4.90 Å². The Labute approximate surface area is 154 Å². The lowest BCUT2D eigenvalue weighted by atomic mass is 10.1. The molecule has 0 fully saturated rings. The van der Waals surface area contributed by atoms with Crippen molar-refractivity contribution in [2.24, 2.45) is 0 Å². The number of amides is 3. The Bertz CT molecular complexity index is 854. The highest BCUT2D eigenvalue weighted by Gasteiger charge is 2.42. The number of hydrogen-bond acceptors (Lipinski definition) is 4.